The summed E-state index contributed by atoms with van der Waals surface area (Å²) in [6.45, 7) is 4.06. The van der Waals surface area contributed by atoms with Gasteiger partial charge >= 0.3 is 6.18 Å². The minimum Gasteiger partial charge on any atom is -0.328 e. The molecule has 144 valence electrons. The van der Waals surface area contributed by atoms with Crippen molar-refractivity contribution in [3.8, 4) is 0 Å². The number of hydrogen-bond acceptors (Lipinski definition) is 3. The Kier molecular flexibility index (Phi) is 4.63. The zero-order chi connectivity index (χ0) is 19.9. The van der Waals surface area contributed by atoms with Crippen LogP contribution in [-0.2, 0) is 12.6 Å². The maximum Gasteiger partial charge on any atom is 0.453 e. The number of anilines is 1. The Morgan fingerprint density at radius 3 is 2.39 bits per heavy atom. The first-order valence-electron chi connectivity index (χ1n) is 8.62. The molecule has 0 fully saturated rings. The van der Waals surface area contributed by atoms with Crippen molar-refractivity contribution >= 4 is 17.5 Å². The van der Waals surface area contributed by atoms with Crippen LogP contribution in [0.5, 0.6) is 0 Å². The van der Waals surface area contributed by atoms with E-state index in [9.17, 15) is 13.2 Å². The molecule has 3 aromatic rings. The molecule has 0 aliphatic carbocycles. The molecule has 0 saturated carbocycles. The molecule has 4 rings (SSSR count). The van der Waals surface area contributed by atoms with E-state index in [1.165, 1.54) is 4.68 Å². The second-order valence-electron chi connectivity index (χ2n) is 6.64. The Morgan fingerprint density at radius 1 is 1.07 bits per heavy atom. The Bertz CT molecular complexity index is 997. The molecule has 2 aromatic carbocycles. The fourth-order valence-electron chi connectivity index (χ4n) is 3.46. The van der Waals surface area contributed by atoms with Crippen LogP contribution < -0.4 is 5.32 Å². The van der Waals surface area contributed by atoms with Crippen molar-refractivity contribution < 1.29 is 13.2 Å². The van der Waals surface area contributed by atoms with Crippen LogP contribution in [0.4, 0.5) is 19.1 Å². The number of nitrogens with zero attached hydrogens (tertiary/aromatic N) is 3. The highest BCUT2D eigenvalue weighted by molar-refractivity contribution is 6.30. The lowest BCUT2D eigenvalue weighted by Gasteiger charge is -2.35. The molecule has 1 aliphatic rings. The Labute approximate surface area is 164 Å². The average molecular weight is 405 g/mol. The first kappa shape index (κ1) is 18.6. The number of halogens is 4. The van der Waals surface area contributed by atoms with Crippen molar-refractivity contribution in [2.45, 2.75) is 18.6 Å². The summed E-state index contributed by atoms with van der Waals surface area (Å²) in [5, 5.41) is 7.22. The van der Waals surface area contributed by atoms with E-state index in [1.807, 2.05) is 30.3 Å². The zero-order valence-electron chi connectivity index (χ0n) is 14.6. The molecule has 1 aliphatic heterocycles. The second-order valence-corrected chi connectivity index (χ2v) is 7.08. The SMILES string of the molecule is C=C1Nc2nc(C(F)(F)F)nn2[C@H](c2ccc(Cl)cc2)[C@H]1Cc1ccccc1. The van der Waals surface area contributed by atoms with E-state index in [4.69, 9.17) is 11.6 Å². The largest absolute Gasteiger partial charge is 0.453 e. The van der Waals surface area contributed by atoms with Gasteiger partial charge in [-0.2, -0.15) is 18.2 Å². The molecule has 8 heteroatoms. The molecule has 0 bridgehead atoms. The zero-order valence-corrected chi connectivity index (χ0v) is 15.4. The van der Waals surface area contributed by atoms with Crippen molar-refractivity contribution in [3.63, 3.8) is 0 Å². The van der Waals surface area contributed by atoms with E-state index >= 15 is 0 Å². The van der Waals surface area contributed by atoms with E-state index in [2.05, 4.69) is 22.0 Å². The van der Waals surface area contributed by atoms with Gasteiger partial charge in [-0.25, -0.2) is 4.68 Å². The van der Waals surface area contributed by atoms with Crippen molar-refractivity contribution in [1.29, 1.82) is 0 Å². The molecular formula is C20H16ClF3N4. The van der Waals surface area contributed by atoms with Gasteiger partial charge in [0, 0.05) is 16.6 Å². The van der Waals surface area contributed by atoms with Gasteiger partial charge in [0.25, 0.3) is 5.82 Å². The van der Waals surface area contributed by atoms with Gasteiger partial charge in [0.1, 0.15) is 0 Å². The summed E-state index contributed by atoms with van der Waals surface area (Å²) < 4.78 is 40.9. The smallest absolute Gasteiger partial charge is 0.328 e. The fourth-order valence-corrected chi connectivity index (χ4v) is 3.58. The molecule has 0 unspecified atom stereocenters. The fraction of sp³-hybridized carbons (Fsp3) is 0.200. The highest BCUT2D eigenvalue weighted by Gasteiger charge is 2.41. The number of rotatable bonds is 3. The summed E-state index contributed by atoms with van der Waals surface area (Å²) in [7, 11) is 0. The number of nitrogens with one attached hydrogen (secondary N) is 1. The summed E-state index contributed by atoms with van der Waals surface area (Å²) in [5.41, 5.74) is 2.43. The van der Waals surface area contributed by atoms with E-state index < -0.39 is 18.0 Å². The number of aromatic nitrogens is 3. The van der Waals surface area contributed by atoms with Gasteiger partial charge in [-0.1, -0.05) is 60.6 Å². The summed E-state index contributed by atoms with van der Waals surface area (Å²) in [5.74, 6) is -1.37. The molecule has 0 radical (unpaired) electrons. The van der Waals surface area contributed by atoms with Crippen molar-refractivity contribution in [1.82, 2.24) is 14.8 Å². The topological polar surface area (TPSA) is 42.7 Å². The van der Waals surface area contributed by atoms with E-state index in [1.54, 1.807) is 24.3 Å². The third-order valence-electron chi connectivity index (χ3n) is 4.76. The summed E-state index contributed by atoms with van der Waals surface area (Å²) in [6.07, 6.45) is -4.05. The first-order valence-corrected chi connectivity index (χ1v) is 8.99. The Hall–Kier alpha value is -2.80. The van der Waals surface area contributed by atoms with Crippen LogP contribution >= 0.6 is 11.6 Å². The predicted molar refractivity (Wildman–Crippen MR) is 101 cm³/mol. The van der Waals surface area contributed by atoms with Gasteiger partial charge in [-0.3, -0.25) is 0 Å². The minimum atomic E-state index is -4.63. The number of alkyl halides is 3. The maximum absolute atomic E-state index is 13.2. The molecule has 1 N–H and O–H groups in total. The Balaban J connectivity index is 1.82. The van der Waals surface area contributed by atoms with Crippen LogP contribution in [0.2, 0.25) is 5.02 Å². The summed E-state index contributed by atoms with van der Waals surface area (Å²) >= 11 is 6.00. The average Bonchev–Trinajstić information content (AvgIpc) is 3.08. The maximum atomic E-state index is 13.2. The number of hydrogen-bond donors (Lipinski definition) is 1. The standard InChI is InChI=1S/C20H16ClF3N4/c1-12-16(11-13-5-3-2-4-6-13)17(14-7-9-15(21)10-8-14)28-19(25-12)26-18(27-28)20(22,23)24/h2-10,16-17H,1,11H2,(H,25,26,27)/t16-,17+/m0/s1. The van der Waals surface area contributed by atoms with Gasteiger partial charge in [0.15, 0.2) is 0 Å². The van der Waals surface area contributed by atoms with Crippen molar-refractivity contribution in [2.75, 3.05) is 5.32 Å². The van der Waals surface area contributed by atoms with Crippen LogP contribution in [0.15, 0.2) is 66.9 Å². The summed E-state index contributed by atoms with van der Waals surface area (Å²) in [4.78, 5) is 3.64. The highest BCUT2D eigenvalue weighted by Crippen LogP contribution is 2.41. The quantitative estimate of drug-likeness (QED) is 0.641. The highest BCUT2D eigenvalue weighted by atomic mass is 35.5. The lowest BCUT2D eigenvalue weighted by atomic mass is 9.84. The number of benzene rings is 2. The normalized spacial score (nSPS) is 19.2. The van der Waals surface area contributed by atoms with Gasteiger partial charge < -0.3 is 5.32 Å². The molecule has 0 spiro atoms. The molecule has 1 aromatic heterocycles. The molecule has 2 heterocycles. The van der Waals surface area contributed by atoms with E-state index in [-0.39, 0.29) is 11.9 Å². The third kappa shape index (κ3) is 3.49. The lowest BCUT2D eigenvalue weighted by molar-refractivity contribution is -0.145. The van der Waals surface area contributed by atoms with E-state index in [0.717, 1.165) is 11.1 Å². The van der Waals surface area contributed by atoms with Crippen molar-refractivity contribution in [2.24, 2.45) is 5.92 Å². The van der Waals surface area contributed by atoms with Crippen LogP contribution in [-0.4, -0.2) is 14.8 Å². The van der Waals surface area contributed by atoms with Crippen LogP contribution in [0.25, 0.3) is 0 Å². The van der Waals surface area contributed by atoms with Crippen molar-refractivity contribution in [3.05, 3.63) is 88.8 Å². The molecule has 4 nitrogen and oxygen atoms in total. The molecule has 28 heavy (non-hydrogen) atoms. The molecule has 0 amide bonds. The molecular weight excluding hydrogens is 389 g/mol. The molecule has 0 saturated heterocycles. The lowest BCUT2D eigenvalue weighted by Crippen LogP contribution is -2.33. The first-order chi connectivity index (χ1) is 13.3. The third-order valence-corrected chi connectivity index (χ3v) is 5.01. The van der Waals surface area contributed by atoms with Gasteiger partial charge in [-0.15, -0.1) is 5.10 Å². The van der Waals surface area contributed by atoms with Gasteiger partial charge in [0.2, 0.25) is 5.95 Å². The number of fused-ring (bicyclic) bond motifs is 1. The predicted octanol–water partition coefficient (Wildman–Crippen LogP) is 5.34. The number of allylic oxidation sites excluding steroid dienone is 1. The second kappa shape index (κ2) is 6.98. The summed E-state index contributed by atoms with van der Waals surface area (Å²) in [6, 6.07) is 16.2. The minimum absolute atomic E-state index is 0.0292. The Morgan fingerprint density at radius 2 is 1.75 bits per heavy atom. The molecule has 2 atom stereocenters. The van der Waals surface area contributed by atoms with Gasteiger partial charge in [-0.05, 0) is 29.7 Å². The van der Waals surface area contributed by atoms with Crippen LogP contribution in [0.1, 0.15) is 23.0 Å². The van der Waals surface area contributed by atoms with Gasteiger partial charge in [0.05, 0.1) is 6.04 Å². The van der Waals surface area contributed by atoms with Crippen LogP contribution in [0.3, 0.4) is 0 Å². The van der Waals surface area contributed by atoms with E-state index in [0.29, 0.717) is 17.1 Å². The van der Waals surface area contributed by atoms with Crippen LogP contribution in [0, 0.1) is 5.92 Å². The monoisotopic (exact) mass is 404 g/mol.